The highest BCUT2D eigenvalue weighted by molar-refractivity contribution is 5.87. The number of ether oxygens (including phenoxy) is 1. The fourth-order valence-corrected chi connectivity index (χ4v) is 2.38. The molecule has 0 heterocycles. The fourth-order valence-electron chi connectivity index (χ4n) is 2.38. The Balaban J connectivity index is 2.55. The zero-order chi connectivity index (χ0) is 17.9. The summed E-state index contributed by atoms with van der Waals surface area (Å²) in [6, 6.07) is 9.60. The van der Waals surface area contributed by atoms with Gasteiger partial charge in [0.25, 0.3) is 0 Å². The third kappa shape index (κ3) is 7.10. The van der Waals surface area contributed by atoms with Crippen molar-refractivity contribution in [2.24, 2.45) is 0 Å². The van der Waals surface area contributed by atoms with Gasteiger partial charge in [0.1, 0.15) is 0 Å². The smallest absolute Gasteiger partial charge is 0.240 e. The first-order valence-electron chi connectivity index (χ1n) is 8.16. The molecule has 24 heavy (non-hydrogen) atoms. The molecule has 1 aromatic carbocycles. The van der Waals surface area contributed by atoms with Crippen molar-refractivity contribution in [3.63, 3.8) is 0 Å². The van der Waals surface area contributed by atoms with Crippen LogP contribution in [0.15, 0.2) is 30.3 Å². The summed E-state index contributed by atoms with van der Waals surface area (Å²) in [6.45, 7) is 1.22. The summed E-state index contributed by atoms with van der Waals surface area (Å²) in [4.78, 5) is 28.0. The van der Waals surface area contributed by atoms with E-state index in [0.717, 1.165) is 12.0 Å². The number of amides is 2. The highest BCUT2D eigenvalue weighted by atomic mass is 16.5. The van der Waals surface area contributed by atoms with Gasteiger partial charge >= 0.3 is 0 Å². The summed E-state index contributed by atoms with van der Waals surface area (Å²) in [6.07, 6.45) is 1.38. The molecule has 6 heteroatoms. The van der Waals surface area contributed by atoms with Gasteiger partial charge in [-0.3, -0.25) is 14.5 Å². The molecule has 0 saturated heterocycles. The highest BCUT2D eigenvalue weighted by Gasteiger charge is 2.25. The van der Waals surface area contributed by atoms with E-state index in [0.29, 0.717) is 19.6 Å². The van der Waals surface area contributed by atoms with Gasteiger partial charge in [-0.2, -0.15) is 0 Å². The van der Waals surface area contributed by atoms with Gasteiger partial charge in [-0.15, -0.1) is 0 Å². The third-order valence-electron chi connectivity index (χ3n) is 3.78. The number of nitrogens with one attached hydrogen (secondary N) is 1. The second kappa shape index (κ2) is 10.8. The molecule has 0 unspecified atom stereocenters. The lowest BCUT2D eigenvalue weighted by atomic mass is 10.0. The maximum Gasteiger partial charge on any atom is 0.240 e. The van der Waals surface area contributed by atoms with E-state index in [2.05, 4.69) is 5.32 Å². The van der Waals surface area contributed by atoms with E-state index in [1.54, 1.807) is 14.2 Å². The van der Waals surface area contributed by atoms with Crippen LogP contribution in [0.5, 0.6) is 0 Å². The Hall–Kier alpha value is -1.92. The predicted octanol–water partition coefficient (Wildman–Crippen LogP) is 0.770. The monoisotopic (exact) mass is 335 g/mol. The van der Waals surface area contributed by atoms with Crippen LogP contribution >= 0.6 is 0 Å². The van der Waals surface area contributed by atoms with Crippen molar-refractivity contribution in [3.05, 3.63) is 35.9 Å². The molecule has 0 aromatic heterocycles. The molecule has 0 aliphatic carbocycles. The van der Waals surface area contributed by atoms with Crippen molar-refractivity contribution >= 4 is 11.8 Å². The zero-order valence-corrected chi connectivity index (χ0v) is 15.1. The van der Waals surface area contributed by atoms with Crippen LogP contribution in [0.25, 0.3) is 0 Å². The number of benzene rings is 1. The first kappa shape index (κ1) is 20.1. The molecule has 1 N–H and O–H groups in total. The number of carbonyl (C=O) groups excluding carboxylic acids is 2. The average molecular weight is 335 g/mol. The van der Waals surface area contributed by atoms with E-state index in [4.69, 9.17) is 4.74 Å². The molecule has 1 aromatic rings. The van der Waals surface area contributed by atoms with Crippen molar-refractivity contribution in [2.75, 3.05) is 47.9 Å². The Morgan fingerprint density at radius 3 is 2.42 bits per heavy atom. The van der Waals surface area contributed by atoms with Gasteiger partial charge < -0.3 is 15.0 Å². The minimum Gasteiger partial charge on any atom is -0.385 e. The molecule has 6 nitrogen and oxygen atoms in total. The number of hydrogen-bond donors (Lipinski definition) is 1. The van der Waals surface area contributed by atoms with Crippen LogP contribution in [-0.2, 0) is 20.7 Å². The first-order chi connectivity index (χ1) is 11.5. The summed E-state index contributed by atoms with van der Waals surface area (Å²) >= 11 is 0. The molecule has 0 spiro atoms. The second-order valence-corrected chi connectivity index (χ2v) is 6.06. The zero-order valence-electron chi connectivity index (χ0n) is 15.1. The van der Waals surface area contributed by atoms with E-state index in [1.807, 2.05) is 49.3 Å². The van der Waals surface area contributed by atoms with Crippen molar-refractivity contribution in [2.45, 2.75) is 18.9 Å². The predicted molar refractivity (Wildman–Crippen MR) is 94.8 cm³/mol. The van der Waals surface area contributed by atoms with E-state index in [9.17, 15) is 9.59 Å². The van der Waals surface area contributed by atoms with Crippen LogP contribution in [0.1, 0.15) is 12.0 Å². The number of rotatable bonds is 10. The molecule has 1 atom stereocenters. The molecule has 0 saturated carbocycles. The number of carbonyl (C=O) groups is 2. The van der Waals surface area contributed by atoms with E-state index in [1.165, 1.54) is 4.90 Å². The minimum atomic E-state index is -0.293. The van der Waals surface area contributed by atoms with E-state index >= 15 is 0 Å². The van der Waals surface area contributed by atoms with Crippen molar-refractivity contribution < 1.29 is 14.3 Å². The normalized spacial score (nSPS) is 12.0. The highest BCUT2D eigenvalue weighted by Crippen LogP contribution is 2.09. The van der Waals surface area contributed by atoms with Crippen LogP contribution in [-0.4, -0.2) is 75.6 Å². The van der Waals surface area contributed by atoms with Crippen LogP contribution in [0, 0.1) is 0 Å². The van der Waals surface area contributed by atoms with Crippen LogP contribution < -0.4 is 5.32 Å². The number of nitrogens with zero attached hydrogens (tertiary/aromatic N) is 2. The lowest BCUT2D eigenvalue weighted by molar-refractivity contribution is -0.138. The number of methoxy groups -OCH3 is 1. The quantitative estimate of drug-likeness (QED) is 0.642. The summed E-state index contributed by atoms with van der Waals surface area (Å²) in [5.74, 6) is -0.213. The maximum absolute atomic E-state index is 12.7. The van der Waals surface area contributed by atoms with Gasteiger partial charge in [0.2, 0.25) is 11.8 Å². The summed E-state index contributed by atoms with van der Waals surface area (Å²) in [7, 11) is 7.05. The lowest BCUT2D eigenvalue weighted by Crippen LogP contribution is -2.48. The average Bonchev–Trinajstić information content (AvgIpc) is 2.56. The standard InChI is InChI=1S/C18H29N3O3/c1-20(2)16(13-15-9-6-5-7-10-15)18(23)21(3)14-17(22)19-11-8-12-24-4/h5-7,9-10,16H,8,11-14H2,1-4H3,(H,19,22)/t16-/m0/s1. The minimum absolute atomic E-state index is 0.0594. The molecule has 0 aliphatic rings. The molecule has 0 fully saturated rings. The largest absolute Gasteiger partial charge is 0.385 e. The van der Waals surface area contributed by atoms with Crippen molar-refractivity contribution in [1.29, 1.82) is 0 Å². The fraction of sp³-hybridized carbons (Fsp3) is 0.556. The molecular weight excluding hydrogens is 306 g/mol. The first-order valence-corrected chi connectivity index (χ1v) is 8.16. The molecule has 134 valence electrons. The van der Waals surface area contributed by atoms with Gasteiger partial charge in [-0.05, 0) is 32.5 Å². The Kier molecular flexibility index (Phi) is 9.04. The van der Waals surface area contributed by atoms with Gasteiger partial charge in [0.15, 0.2) is 0 Å². The molecule has 1 rings (SSSR count). The molecule has 0 aliphatic heterocycles. The van der Waals surface area contributed by atoms with Crippen molar-refractivity contribution in [1.82, 2.24) is 15.1 Å². The van der Waals surface area contributed by atoms with E-state index in [-0.39, 0.29) is 24.4 Å². The SMILES string of the molecule is COCCCNC(=O)CN(C)C(=O)[C@H](Cc1ccccc1)N(C)C. The van der Waals surface area contributed by atoms with Gasteiger partial charge in [0, 0.05) is 27.3 Å². The Morgan fingerprint density at radius 2 is 1.83 bits per heavy atom. The summed E-state index contributed by atoms with van der Waals surface area (Å²) in [5, 5.41) is 2.79. The Bertz CT molecular complexity index is 505. The lowest BCUT2D eigenvalue weighted by Gasteiger charge is -2.28. The topological polar surface area (TPSA) is 61.9 Å². The number of hydrogen-bond acceptors (Lipinski definition) is 4. The van der Waals surface area contributed by atoms with Crippen LogP contribution in [0.3, 0.4) is 0 Å². The maximum atomic E-state index is 12.7. The molecule has 2 amide bonds. The second-order valence-electron chi connectivity index (χ2n) is 6.06. The van der Waals surface area contributed by atoms with E-state index < -0.39 is 0 Å². The van der Waals surface area contributed by atoms with Gasteiger partial charge in [-0.1, -0.05) is 30.3 Å². The Morgan fingerprint density at radius 1 is 1.17 bits per heavy atom. The Labute approximate surface area is 144 Å². The summed E-state index contributed by atoms with van der Waals surface area (Å²) in [5.41, 5.74) is 1.10. The number of likely N-dealkylation sites (N-methyl/N-ethyl adjacent to an activating group) is 2. The van der Waals surface area contributed by atoms with Gasteiger partial charge in [-0.25, -0.2) is 0 Å². The van der Waals surface area contributed by atoms with Crippen LogP contribution in [0.4, 0.5) is 0 Å². The van der Waals surface area contributed by atoms with Crippen molar-refractivity contribution in [3.8, 4) is 0 Å². The third-order valence-corrected chi connectivity index (χ3v) is 3.78. The summed E-state index contributed by atoms with van der Waals surface area (Å²) < 4.78 is 4.94. The molecule has 0 radical (unpaired) electrons. The molecular formula is C18H29N3O3. The van der Waals surface area contributed by atoms with Crippen LogP contribution in [0.2, 0.25) is 0 Å². The molecule has 0 bridgehead atoms. The van der Waals surface area contributed by atoms with Gasteiger partial charge in [0.05, 0.1) is 12.6 Å².